The topological polar surface area (TPSA) is 97.1 Å². The van der Waals surface area contributed by atoms with Crippen molar-refractivity contribution >= 4 is 11.8 Å². The second-order valence-corrected chi connectivity index (χ2v) is 7.06. The molecule has 29 heavy (non-hydrogen) atoms. The molecule has 7 nitrogen and oxygen atoms in total. The molecule has 150 valence electrons. The molecule has 0 unspecified atom stereocenters. The molecule has 0 aliphatic rings. The van der Waals surface area contributed by atoms with Crippen LogP contribution in [0.5, 0.6) is 0 Å². The Kier molecular flexibility index (Phi) is 6.39. The molecule has 0 saturated heterocycles. The van der Waals surface area contributed by atoms with Gasteiger partial charge in [-0.3, -0.25) is 9.59 Å². The van der Waals surface area contributed by atoms with Gasteiger partial charge in [0.15, 0.2) is 0 Å². The Morgan fingerprint density at radius 2 is 1.38 bits per heavy atom. The van der Waals surface area contributed by atoms with Gasteiger partial charge < -0.3 is 15.1 Å². The predicted molar refractivity (Wildman–Crippen MR) is 110 cm³/mol. The standard InChI is InChI=1S/C22H24N4O3/c1-14(2)19(27)23-12-13-24-20(28)16-8-10-18(11-9-16)22-26-25-21(29-22)17-6-4-15(3)5-7-17/h4-11,14H,12-13H2,1-3H3,(H,23,27)(H,24,28). The van der Waals surface area contributed by atoms with Crippen LogP contribution in [0.15, 0.2) is 52.9 Å². The van der Waals surface area contributed by atoms with Crippen molar-refractivity contribution in [3.63, 3.8) is 0 Å². The van der Waals surface area contributed by atoms with E-state index < -0.39 is 0 Å². The number of hydrogen-bond acceptors (Lipinski definition) is 5. The van der Waals surface area contributed by atoms with Crippen LogP contribution in [0.3, 0.4) is 0 Å². The summed E-state index contributed by atoms with van der Waals surface area (Å²) >= 11 is 0. The van der Waals surface area contributed by atoms with E-state index in [-0.39, 0.29) is 17.7 Å². The van der Waals surface area contributed by atoms with E-state index in [1.807, 2.05) is 45.0 Å². The van der Waals surface area contributed by atoms with Gasteiger partial charge in [0.05, 0.1) is 0 Å². The number of aryl methyl sites for hydroxylation is 1. The van der Waals surface area contributed by atoms with Crippen molar-refractivity contribution in [2.24, 2.45) is 5.92 Å². The minimum Gasteiger partial charge on any atom is -0.416 e. The van der Waals surface area contributed by atoms with E-state index in [1.165, 1.54) is 0 Å². The first-order valence-electron chi connectivity index (χ1n) is 9.51. The molecule has 2 aromatic carbocycles. The van der Waals surface area contributed by atoms with E-state index >= 15 is 0 Å². The molecule has 2 amide bonds. The molecule has 3 aromatic rings. The molecule has 2 N–H and O–H groups in total. The van der Waals surface area contributed by atoms with Gasteiger partial charge in [0, 0.05) is 35.7 Å². The summed E-state index contributed by atoms with van der Waals surface area (Å²) in [7, 11) is 0. The van der Waals surface area contributed by atoms with Gasteiger partial charge in [0.1, 0.15) is 0 Å². The van der Waals surface area contributed by atoms with Gasteiger partial charge in [0.2, 0.25) is 17.7 Å². The molecule has 7 heteroatoms. The van der Waals surface area contributed by atoms with Crippen molar-refractivity contribution in [1.29, 1.82) is 0 Å². The molecule has 0 aliphatic heterocycles. The molecule has 0 aliphatic carbocycles. The lowest BCUT2D eigenvalue weighted by molar-refractivity contribution is -0.123. The molecule has 1 heterocycles. The fraction of sp³-hybridized carbons (Fsp3) is 0.273. The number of benzene rings is 2. The number of rotatable bonds is 7. The maximum atomic E-state index is 12.2. The van der Waals surface area contributed by atoms with Crippen molar-refractivity contribution in [3.05, 3.63) is 59.7 Å². The number of carbonyl (C=O) groups excluding carboxylic acids is 2. The van der Waals surface area contributed by atoms with Crippen LogP contribution in [0.4, 0.5) is 0 Å². The van der Waals surface area contributed by atoms with Crippen molar-refractivity contribution < 1.29 is 14.0 Å². The first-order chi connectivity index (χ1) is 13.9. The van der Waals surface area contributed by atoms with Crippen LogP contribution in [0, 0.1) is 12.8 Å². The van der Waals surface area contributed by atoms with Crippen LogP contribution in [0.25, 0.3) is 22.9 Å². The largest absolute Gasteiger partial charge is 0.416 e. The number of hydrogen-bond donors (Lipinski definition) is 2. The van der Waals surface area contributed by atoms with Gasteiger partial charge in [-0.1, -0.05) is 31.5 Å². The first kappa shape index (κ1) is 20.3. The summed E-state index contributed by atoms with van der Waals surface area (Å²) in [4.78, 5) is 23.7. The molecule has 0 bridgehead atoms. The van der Waals surface area contributed by atoms with Gasteiger partial charge in [-0.2, -0.15) is 0 Å². The Morgan fingerprint density at radius 3 is 1.93 bits per heavy atom. The Morgan fingerprint density at radius 1 is 0.862 bits per heavy atom. The minimum atomic E-state index is -0.207. The molecule has 1 aromatic heterocycles. The summed E-state index contributed by atoms with van der Waals surface area (Å²) < 4.78 is 5.75. The lowest BCUT2D eigenvalue weighted by Crippen LogP contribution is -2.36. The van der Waals surface area contributed by atoms with Crippen molar-refractivity contribution in [2.75, 3.05) is 13.1 Å². The zero-order valence-corrected chi connectivity index (χ0v) is 16.7. The van der Waals surface area contributed by atoms with E-state index in [4.69, 9.17) is 4.42 Å². The van der Waals surface area contributed by atoms with E-state index in [0.717, 1.165) is 16.7 Å². The average Bonchev–Trinajstić information content (AvgIpc) is 3.21. The van der Waals surface area contributed by atoms with Gasteiger partial charge in [0.25, 0.3) is 5.91 Å². The lowest BCUT2D eigenvalue weighted by Gasteiger charge is -2.09. The Labute approximate surface area is 169 Å². The number of aromatic nitrogens is 2. The average molecular weight is 392 g/mol. The molecule has 0 fully saturated rings. The van der Waals surface area contributed by atoms with Crippen LogP contribution in [0.2, 0.25) is 0 Å². The summed E-state index contributed by atoms with van der Waals surface area (Å²) in [5.41, 5.74) is 3.26. The summed E-state index contributed by atoms with van der Waals surface area (Å²) in [6, 6.07) is 14.8. The third-order valence-electron chi connectivity index (χ3n) is 4.35. The molecule has 0 saturated carbocycles. The summed E-state index contributed by atoms with van der Waals surface area (Å²) in [6.07, 6.45) is 0. The van der Waals surface area contributed by atoms with Crippen LogP contribution >= 0.6 is 0 Å². The molecule has 0 spiro atoms. The Bertz CT molecular complexity index is 976. The SMILES string of the molecule is Cc1ccc(-c2nnc(-c3ccc(C(=O)NCCNC(=O)C(C)C)cc3)o2)cc1. The second-order valence-electron chi connectivity index (χ2n) is 7.06. The molecule has 0 atom stereocenters. The zero-order valence-electron chi connectivity index (χ0n) is 16.7. The van der Waals surface area contributed by atoms with E-state index in [9.17, 15) is 9.59 Å². The highest BCUT2D eigenvalue weighted by Crippen LogP contribution is 2.24. The number of nitrogens with one attached hydrogen (secondary N) is 2. The van der Waals surface area contributed by atoms with Gasteiger partial charge in [-0.15, -0.1) is 10.2 Å². The van der Waals surface area contributed by atoms with Gasteiger partial charge >= 0.3 is 0 Å². The minimum absolute atomic E-state index is 0.0341. The number of carbonyl (C=O) groups is 2. The maximum absolute atomic E-state index is 12.2. The van der Waals surface area contributed by atoms with E-state index in [0.29, 0.717) is 30.4 Å². The molecule has 0 radical (unpaired) electrons. The predicted octanol–water partition coefficient (Wildman–Crippen LogP) is 3.21. The maximum Gasteiger partial charge on any atom is 0.251 e. The van der Waals surface area contributed by atoms with Crippen molar-refractivity contribution in [3.8, 4) is 22.9 Å². The van der Waals surface area contributed by atoms with Gasteiger partial charge in [-0.05, 0) is 43.3 Å². The molecular formula is C22H24N4O3. The summed E-state index contributed by atoms with van der Waals surface area (Å²) in [6.45, 7) is 6.42. The smallest absolute Gasteiger partial charge is 0.251 e. The first-order valence-corrected chi connectivity index (χ1v) is 9.51. The fourth-order valence-corrected chi connectivity index (χ4v) is 2.58. The monoisotopic (exact) mass is 392 g/mol. The van der Waals surface area contributed by atoms with Crippen molar-refractivity contribution in [1.82, 2.24) is 20.8 Å². The number of amides is 2. The van der Waals surface area contributed by atoms with E-state index in [1.54, 1.807) is 24.3 Å². The van der Waals surface area contributed by atoms with Crippen LogP contribution in [-0.4, -0.2) is 35.1 Å². The molecule has 3 rings (SSSR count). The Hall–Kier alpha value is -3.48. The van der Waals surface area contributed by atoms with Crippen LogP contribution in [-0.2, 0) is 4.79 Å². The summed E-state index contributed by atoms with van der Waals surface area (Å²) in [5, 5.41) is 13.7. The van der Waals surface area contributed by atoms with E-state index in [2.05, 4.69) is 20.8 Å². The number of nitrogens with zero attached hydrogens (tertiary/aromatic N) is 2. The van der Waals surface area contributed by atoms with Crippen LogP contribution < -0.4 is 10.6 Å². The fourth-order valence-electron chi connectivity index (χ4n) is 2.58. The zero-order chi connectivity index (χ0) is 20.8. The highest BCUT2D eigenvalue weighted by Gasteiger charge is 2.12. The highest BCUT2D eigenvalue weighted by atomic mass is 16.4. The van der Waals surface area contributed by atoms with Crippen LogP contribution in [0.1, 0.15) is 29.8 Å². The molecular weight excluding hydrogens is 368 g/mol. The quantitative estimate of drug-likeness (QED) is 0.602. The second kappa shape index (κ2) is 9.14. The summed E-state index contributed by atoms with van der Waals surface area (Å²) in [5.74, 6) is 0.526. The van der Waals surface area contributed by atoms with Crippen molar-refractivity contribution in [2.45, 2.75) is 20.8 Å². The Balaban J connectivity index is 1.58. The third kappa shape index (κ3) is 5.28. The third-order valence-corrected chi connectivity index (χ3v) is 4.35. The lowest BCUT2D eigenvalue weighted by atomic mass is 10.1. The van der Waals surface area contributed by atoms with Gasteiger partial charge in [-0.25, -0.2) is 0 Å². The normalized spacial score (nSPS) is 10.8. The highest BCUT2D eigenvalue weighted by molar-refractivity contribution is 5.94.